The van der Waals surface area contributed by atoms with Gasteiger partial charge in [-0.15, -0.1) is 16.7 Å². The topological polar surface area (TPSA) is 70.0 Å². The van der Waals surface area contributed by atoms with Gasteiger partial charge in [-0.1, -0.05) is 13.8 Å². The minimum atomic E-state index is -0.991. The fourth-order valence-electron chi connectivity index (χ4n) is 1.84. The van der Waals surface area contributed by atoms with Crippen molar-refractivity contribution in [3.8, 4) is 0 Å². The van der Waals surface area contributed by atoms with E-state index in [1.165, 1.54) is 16.8 Å². The number of nitrogens with zero attached hydrogens (tertiary/aromatic N) is 2. The molecule has 2 unspecified atom stereocenters. The number of carboxylic acid groups (broad SMARTS) is 1. The summed E-state index contributed by atoms with van der Waals surface area (Å²) in [6.45, 7) is 7.57. The monoisotopic (exact) mass is 232 g/mol. The van der Waals surface area contributed by atoms with Crippen LogP contribution < -0.4 is 0 Å². The predicted molar refractivity (Wildman–Crippen MR) is 59.4 cm³/mol. The van der Waals surface area contributed by atoms with E-state index in [1.807, 2.05) is 27.7 Å². The van der Waals surface area contributed by atoms with Crippen LogP contribution in [0.3, 0.4) is 0 Å². The number of nitroso groups, excluding NO2 is 1. The van der Waals surface area contributed by atoms with E-state index in [1.54, 1.807) is 0 Å². The van der Waals surface area contributed by atoms with Gasteiger partial charge in [-0.25, -0.2) is 9.80 Å². The smallest absolute Gasteiger partial charge is 0.329 e. The van der Waals surface area contributed by atoms with Crippen molar-refractivity contribution >= 4 is 17.7 Å². The first kappa shape index (κ1) is 12.3. The zero-order valence-corrected chi connectivity index (χ0v) is 10.1. The molecule has 1 saturated heterocycles. The molecule has 0 aromatic carbocycles. The highest BCUT2D eigenvalue weighted by Gasteiger charge is 2.52. The Bertz CT molecular complexity index is 281. The zero-order valence-electron chi connectivity index (χ0n) is 9.30. The van der Waals surface area contributed by atoms with Gasteiger partial charge in [0, 0.05) is 4.75 Å². The molecule has 6 heteroatoms. The van der Waals surface area contributed by atoms with Gasteiger partial charge in [0.15, 0.2) is 6.04 Å². The zero-order chi connectivity index (χ0) is 11.8. The first-order valence-electron chi connectivity index (χ1n) is 4.83. The lowest BCUT2D eigenvalue weighted by atomic mass is 10.0. The fraction of sp³-hybridized carbons (Fsp3) is 0.889. The number of thioether (sulfide) groups is 1. The Morgan fingerprint density at radius 1 is 1.53 bits per heavy atom. The second-order valence-corrected chi connectivity index (χ2v) is 6.33. The Labute approximate surface area is 93.2 Å². The Morgan fingerprint density at radius 3 is 2.40 bits per heavy atom. The molecule has 5 nitrogen and oxygen atoms in total. The molecule has 0 saturated carbocycles. The van der Waals surface area contributed by atoms with Gasteiger partial charge in [0.2, 0.25) is 0 Å². The number of hydrogen-bond acceptors (Lipinski definition) is 4. The largest absolute Gasteiger partial charge is 0.480 e. The van der Waals surface area contributed by atoms with Crippen LogP contribution >= 0.6 is 11.8 Å². The minimum absolute atomic E-state index is 0.154. The SMILES string of the molecule is CC(C)C1SC(C)(C)C(C(=O)O)N1N=O. The molecule has 0 radical (unpaired) electrons. The molecule has 2 atom stereocenters. The lowest BCUT2D eigenvalue weighted by Crippen LogP contribution is -2.45. The van der Waals surface area contributed by atoms with E-state index in [2.05, 4.69) is 5.29 Å². The summed E-state index contributed by atoms with van der Waals surface area (Å²) in [4.78, 5) is 21.8. The van der Waals surface area contributed by atoms with Crippen molar-refractivity contribution in [2.24, 2.45) is 11.2 Å². The molecule has 1 N–H and O–H groups in total. The van der Waals surface area contributed by atoms with Gasteiger partial charge in [0.25, 0.3) is 0 Å². The lowest BCUT2D eigenvalue weighted by molar-refractivity contribution is -0.144. The van der Waals surface area contributed by atoms with E-state index in [4.69, 9.17) is 5.11 Å². The van der Waals surface area contributed by atoms with Crippen LogP contribution in [0.4, 0.5) is 0 Å². The van der Waals surface area contributed by atoms with Gasteiger partial charge in [0.05, 0.1) is 10.7 Å². The van der Waals surface area contributed by atoms with Gasteiger partial charge >= 0.3 is 5.97 Å². The highest BCUT2D eigenvalue weighted by molar-refractivity contribution is 8.01. The minimum Gasteiger partial charge on any atom is -0.480 e. The van der Waals surface area contributed by atoms with Crippen LogP contribution in [0.2, 0.25) is 0 Å². The molecule has 1 rings (SSSR count). The van der Waals surface area contributed by atoms with Crippen LogP contribution in [-0.2, 0) is 4.79 Å². The number of carboxylic acids is 1. The molecule has 86 valence electrons. The second kappa shape index (κ2) is 4.00. The molecular weight excluding hydrogens is 216 g/mol. The van der Waals surface area contributed by atoms with E-state index >= 15 is 0 Å². The Morgan fingerprint density at radius 2 is 2.07 bits per heavy atom. The van der Waals surface area contributed by atoms with Crippen LogP contribution in [-0.4, -0.2) is 32.2 Å². The highest BCUT2D eigenvalue weighted by Crippen LogP contribution is 2.47. The van der Waals surface area contributed by atoms with E-state index < -0.39 is 16.8 Å². The standard InChI is InChI=1S/C9H16N2O3S/c1-5(2)7-11(10-14)6(8(12)13)9(3,4)15-7/h5-7H,1-4H3,(H,12,13). The number of rotatable bonds is 3. The van der Waals surface area contributed by atoms with E-state index in [0.29, 0.717) is 0 Å². The summed E-state index contributed by atoms with van der Waals surface area (Å²) < 4.78 is -0.491. The first-order valence-corrected chi connectivity index (χ1v) is 5.71. The Kier molecular flexibility index (Phi) is 3.28. The number of hydrogen-bond donors (Lipinski definition) is 1. The molecule has 15 heavy (non-hydrogen) atoms. The van der Waals surface area contributed by atoms with Crippen molar-refractivity contribution in [1.29, 1.82) is 0 Å². The predicted octanol–water partition coefficient (Wildman–Crippen LogP) is 1.93. The summed E-state index contributed by atoms with van der Waals surface area (Å²) in [6.07, 6.45) is 0. The van der Waals surface area contributed by atoms with Crippen LogP contribution in [0.5, 0.6) is 0 Å². The van der Waals surface area contributed by atoms with Crippen molar-refractivity contribution in [3.05, 3.63) is 4.91 Å². The summed E-state index contributed by atoms with van der Waals surface area (Å²) in [6, 6.07) is -0.840. The third kappa shape index (κ3) is 2.09. The molecular formula is C9H16N2O3S. The number of carbonyl (C=O) groups is 1. The molecule has 0 aliphatic carbocycles. The molecule has 1 heterocycles. The Balaban J connectivity index is 3.03. The summed E-state index contributed by atoms with van der Waals surface area (Å²) in [5.74, 6) is -0.799. The average Bonchev–Trinajstić information content (AvgIpc) is 2.36. The van der Waals surface area contributed by atoms with Gasteiger partial charge in [0.1, 0.15) is 0 Å². The molecule has 1 aliphatic rings. The average molecular weight is 232 g/mol. The molecule has 1 fully saturated rings. The molecule has 1 aliphatic heterocycles. The van der Waals surface area contributed by atoms with Crippen molar-refractivity contribution in [1.82, 2.24) is 5.01 Å². The summed E-state index contributed by atoms with van der Waals surface area (Å²) >= 11 is 1.50. The third-order valence-corrected chi connectivity index (χ3v) is 4.34. The van der Waals surface area contributed by atoms with Crippen LogP contribution in [0.1, 0.15) is 27.7 Å². The van der Waals surface area contributed by atoms with Crippen molar-refractivity contribution in [2.75, 3.05) is 0 Å². The van der Waals surface area contributed by atoms with Crippen LogP contribution in [0.25, 0.3) is 0 Å². The highest BCUT2D eigenvalue weighted by atomic mass is 32.2. The molecule has 0 amide bonds. The van der Waals surface area contributed by atoms with Gasteiger partial charge in [-0.2, -0.15) is 0 Å². The van der Waals surface area contributed by atoms with Crippen LogP contribution in [0, 0.1) is 10.8 Å². The lowest BCUT2D eigenvalue weighted by Gasteiger charge is -2.24. The van der Waals surface area contributed by atoms with E-state index in [0.717, 1.165) is 0 Å². The van der Waals surface area contributed by atoms with Crippen molar-refractivity contribution in [2.45, 2.75) is 43.9 Å². The molecule has 0 aromatic rings. The maximum atomic E-state index is 11.1. The molecule has 0 aromatic heterocycles. The van der Waals surface area contributed by atoms with E-state index in [9.17, 15) is 9.70 Å². The van der Waals surface area contributed by atoms with Crippen molar-refractivity contribution in [3.63, 3.8) is 0 Å². The summed E-state index contributed by atoms with van der Waals surface area (Å²) in [7, 11) is 0. The fourth-order valence-corrected chi connectivity index (χ4v) is 3.34. The maximum absolute atomic E-state index is 11.1. The number of aliphatic carboxylic acids is 1. The molecule has 0 bridgehead atoms. The van der Waals surface area contributed by atoms with Gasteiger partial charge in [-0.05, 0) is 19.8 Å². The van der Waals surface area contributed by atoms with Crippen LogP contribution in [0.15, 0.2) is 5.29 Å². The molecule has 0 spiro atoms. The summed E-state index contributed by atoms with van der Waals surface area (Å²) in [5.41, 5.74) is 0. The van der Waals surface area contributed by atoms with E-state index in [-0.39, 0.29) is 11.3 Å². The quantitative estimate of drug-likeness (QED) is 0.753. The normalized spacial score (nSPS) is 29.5. The second-order valence-electron chi connectivity index (χ2n) is 4.56. The third-order valence-electron chi connectivity index (χ3n) is 2.51. The summed E-state index contributed by atoms with van der Waals surface area (Å²) in [5, 5.41) is 13.0. The Hall–Kier alpha value is -0.780. The first-order chi connectivity index (χ1) is 6.81. The maximum Gasteiger partial charge on any atom is 0.329 e. The van der Waals surface area contributed by atoms with Gasteiger partial charge in [-0.3, -0.25) is 0 Å². The van der Waals surface area contributed by atoms with Gasteiger partial charge < -0.3 is 5.11 Å². The van der Waals surface area contributed by atoms with Crippen molar-refractivity contribution < 1.29 is 9.90 Å².